The van der Waals surface area contributed by atoms with E-state index in [1.165, 1.54) is 10.5 Å². The second-order valence-electron chi connectivity index (χ2n) is 6.95. The van der Waals surface area contributed by atoms with Crippen LogP contribution in [0.3, 0.4) is 0 Å². The Hall–Kier alpha value is -3.78. The van der Waals surface area contributed by atoms with E-state index in [2.05, 4.69) is 26.2 Å². The summed E-state index contributed by atoms with van der Waals surface area (Å²) in [6.45, 7) is -0.457. The number of rotatable bonds is 6. The number of carbonyl (C=O) groups is 2. The molecule has 0 atom stereocenters. The minimum atomic E-state index is -0.628. The molecule has 0 spiro atoms. The highest BCUT2D eigenvalue weighted by Crippen LogP contribution is 2.19. The summed E-state index contributed by atoms with van der Waals surface area (Å²) >= 11 is 3.30. The molecule has 0 aliphatic heterocycles. The molecule has 0 fully saturated rings. The average molecular weight is 492 g/mol. The van der Waals surface area contributed by atoms with E-state index in [1.54, 1.807) is 30.5 Å². The third-order valence-corrected chi connectivity index (χ3v) is 5.17. The van der Waals surface area contributed by atoms with E-state index >= 15 is 0 Å². The van der Waals surface area contributed by atoms with Crippen molar-refractivity contribution in [1.82, 2.24) is 14.7 Å². The Morgan fingerprint density at radius 2 is 1.69 bits per heavy atom. The number of halogens is 1. The van der Waals surface area contributed by atoms with Crippen molar-refractivity contribution in [2.75, 3.05) is 6.54 Å². The van der Waals surface area contributed by atoms with Crippen molar-refractivity contribution in [2.24, 2.45) is 0 Å². The molecule has 4 aromatic rings. The molecule has 32 heavy (non-hydrogen) atoms. The van der Waals surface area contributed by atoms with Gasteiger partial charge in [0.1, 0.15) is 18.8 Å². The fourth-order valence-electron chi connectivity index (χ4n) is 3.10. The number of pyridine rings is 1. The van der Waals surface area contributed by atoms with E-state index in [0.717, 1.165) is 15.6 Å². The van der Waals surface area contributed by atoms with Gasteiger partial charge in [-0.1, -0.05) is 42.5 Å². The molecule has 8 heteroatoms. The van der Waals surface area contributed by atoms with Gasteiger partial charge in [-0.2, -0.15) is 0 Å². The fourth-order valence-corrected chi connectivity index (χ4v) is 3.44. The van der Waals surface area contributed by atoms with Crippen LogP contribution in [-0.2, 0) is 16.1 Å². The van der Waals surface area contributed by atoms with Crippen LogP contribution in [-0.4, -0.2) is 27.8 Å². The van der Waals surface area contributed by atoms with Crippen LogP contribution in [0.25, 0.3) is 16.8 Å². The number of hydrogen-bond acceptors (Lipinski definition) is 5. The average Bonchev–Trinajstić information content (AvgIpc) is 2.82. The van der Waals surface area contributed by atoms with Gasteiger partial charge in [-0.3, -0.25) is 18.8 Å². The molecule has 0 saturated heterocycles. The van der Waals surface area contributed by atoms with Crippen LogP contribution in [0.2, 0.25) is 0 Å². The monoisotopic (exact) mass is 491 g/mol. The van der Waals surface area contributed by atoms with Gasteiger partial charge in [0.25, 0.3) is 11.5 Å². The number of hydrogen-bond donors (Lipinski definition) is 1. The molecule has 4 rings (SSSR count). The molecule has 0 unspecified atom stereocenters. The lowest BCUT2D eigenvalue weighted by molar-refractivity contribution is -0.143. The van der Waals surface area contributed by atoms with E-state index < -0.39 is 5.97 Å². The summed E-state index contributed by atoms with van der Waals surface area (Å²) in [4.78, 5) is 40.8. The Bertz CT molecular complexity index is 1340. The minimum Gasteiger partial charge on any atom is -0.458 e. The standard InChI is InChI=1S/C24H18BrN3O4/c25-19-10-11-21-27-20(12-22(29)28(21)14-19)15-32-23(30)13-26-24(31)18-8-6-17(7-9-18)16-4-2-1-3-5-16/h1-12,14H,13,15H2,(H,26,31). The van der Waals surface area contributed by atoms with E-state index in [0.29, 0.717) is 16.9 Å². The molecule has 0 aliphatic carbocycles. The second kappa shape index (κ2) is 9.57. The maximum absolute atomic E-state index is 12.3. The first-order valence-electron chi connectivity index (χ1n) is 9.77. The Kier molecular flexibility index (Phi) is 6.42. The maximum Gasteiger partial charge on any atom is 0.325 e. The number of carbonyl (C=O) groups excluding carboxylic acids is 2. The van der Waals surface area contributed by atoms with Crippen LogP contribution in [0.5, 0.6) is 0 Å². The van der Waals surface area contributed by atoms with Gasteiger partial charge >= 0.3 is 5.97 Å². The van der Waals surface area contributed by atoms with E-state index in [9.17, 15) is 14.4 Å². The van der Waals surface area contributed by atoms with Gasteiger partial charge in [0.2, 0.25) is 0 Å². The number of ether oxygens (including phenoxy) is 1. The third-order valence-electron chi connectivity index (χ3n) is 4.71. The predicted octanol–water partition coefficient (Wildman–Crippen LogP) is 3.60. The van der Waals surface area contributed by atoms with Crippen molar-refractivity contribution >= 4 is 33.5 Å². The minimum absolute atomic E-state index is 0.164. The number of fused-ring (bicyclic) bond motifs is 1. The molecule has 0 aliphatic rings. The summed E-state index contributed by atoms with van der Waals surface area (Å²) in [5, 5.41) is 2.54. The first-order valence-corrected chi connectivity index (χ1v) is 10.6. The molecule has 7 nitrogen and oxygen atoms in total. The SMILES string of the molecule is O=C(CNC(=O)c1ccc(-c2ccccc2)cc1)OCc1cc(=O)n2cc(Br)ccc2n1. The maximum atomic E-state index is 12.3. The van der Waals surface area contributed by atoms with Gasteiger partial charge < -0.3 is 10.1 Å². The number of nitrogens with zero attached hydrogens (tertiary/aromatic N) is 2. The largest absolute Gasteiger partial charge is 0.458 e. The van der Waals surface area contributed by atoms with Gasteiger partial charge in [0, 0.05) is 22.3 Å². The number of aromatic nitrogens is 2. The third kappa shape index (κ3) is 5.09. The van der Waals surface area contributed by atoms with Gasteiger partial charge in [-0.15, -0.1) is 0 Å². The molecule has 160 valence electrons. The Balaban J connectivity index is 1.31. The molecule has 2 heterocycles. The van der Waals surface area contributed by atoms with Crippen molar-refractivity contribution in [1.29, 1.82) is 0 Å². The second-order valence-corrected chi connectivity index (χ2v) is 7.86. The highest BCUT2D eigenvalue weighted by molar-refractivity contribution is 9.10. The van der Waals surface area contributed by atoms with Crippen LogP contribution in [0.1, 0.15) is 16.1 Å². The van der Waals surface area contributed by atoms with E-state index in [1.807, 2.05) is 42.5 Å². The molecule has 0 saturated carbocycles. The lowest BCUT2D eigenvalue weighted by Crippen LogP contribution is -2.30. The molecule has 2 aromatic carbocycles. The molecule has 0 bridgehead atoms. The Morgan fingerprint density at radius 1 is 0.969 bits per heavy atom. The predicted molar refractivity (Wildman–Crippen MR) is 123 cm³/mol. The van der Waals surface area contributed by atoms with Gasteiger partial charge in [0.15, 0.2) is 0 Å². The summed E-state index contributed by atoms with van der Waals surface area (Å²) in [6, 6.07) is 21.7. The van der Waals surface area contributed by atoms with Crippen LogP contribution in [0.15, 0.2) is 88.3 Å². The zero-order chi connectivity index (χ0) is 22.5. The van der Waals surface area contributed by atoms with Crippen molar-refractivity contribution in [2.45, 2.75) is 6.61 Å². The van der Waals surface area contributed by atoms with Crippen LogP contribution in [0.4, 0.5) is 0 Å². The van der Waals surface area contributed by atoms with Crippen molar-refractivity contribution in [3.8, 4) is 11.1 Å². The lowest BCUT2D eigenvalue weighted by atomic mass is 10.0. The number of benzene rings is 2. The molecular weight excluding hydrogens is 474 g/mol. The highest BCUT2D eigenvalue weighted by atomic mass is 79.9. The van der Waals surface area contributed by atoms with Gasteiger partial charge in [-0.05, 0) is 51.3 Å². The quantitative estimate of drug-likeness (QED) is 0.416. The summed E-state index contributed by atoms with van der Waals surface area (Å²) in [5.74, 6) is -1.01. The highest BCUT2D eigenvalue weighted by Gasteiger charge is 2.11. The zero-order valence-corrected chi connectivity index (χ0v) is 18.4. The Morgan fingerprint density at radius 3 is 2.44 bits per heavy atom. The number of nitrogens with one attached hydrogen (secondary N) is 1. The van der Waals surface area contributed by atoms with Crippen LogP contribution in [0, 0.1) is 0 Å². The van der Waals surface area contributed by atoms with Crippen LogP contribution < -0.4 is 10.9 Å². The number of amides is 1. The number of esters is 1. The van der Waals surface area contributed by atoms with Crippen LogP contribution >= 0.6 is 15.9 Å². The smallest absolute Gasteiger partial charge is 0.325 e. The lowest BCUT2D eigenvalue weighted by Gasteiger charge is -2.08. The first kappa shape index (κ1) is 21.5. The Labute approximate surface area is 191 Å². The molecular formula is C24H18BrN3O4. The zero-order valence-electron chi connectivity index (χ0n) is 16.8. The van der Waals surface area contributed by atoms with Gasteiger partial charge in [-0.25, -0.2) is 4.98 Å². The molecule has 2 aromatic heterocycles. The summed E-state index contributed by atoms with van der Waals surface area (Å²) in [6.07, 6.45) is 1.61. The van der Waals surface area contributed by atoms with Crippen molar-refractivity contribution < 1.29 is 14.3 Å². The van der Waals surface area contributed by atoms with E-state index in [-0.39, 0.29) is 24.6 Å². The van der Waals surface area contributed by atoms with Crippen molar-refractivity contribution in [3.05, 3.63) is 105 Å². The van der Waals surface area contributed by atoms with Crippen molar-refractivity contribution in [3.63, 3.8) is 0 Å². The molecule has 0 radical (unpaired) electrons. The summed E-state index contributed by atoms with van der Waals surface area (Å²) in [7, 11) is 0. The topological polar surface area (TPSA) is 89.8 Å². The normalized spacial score (nSPS) is 10.7. The summed E-state index contributed by atoms with van der Waals surface area (Å²) < 4.78 is 7.28. The summed E-state index contributed by atoms with van der Waals surface area (Å²) in [5.41, 5.74) is 2.97. The molecule has 1 amide bonds. The molecule has 1 N–H and O–H groups in total. The van der Waals surface area contributed by atoms with E-state index in [4.69, 9.17) is 4.74 Å². The fraction of sp³-hybridized carbons (Fsp3) is 0.0833. The van der Waals surface area contributed by atoms with Gasteiger partial charge in [0.05, 0.1) is 5.69 Å². The first-order chi connectivity index (χ1) is 15.5.